The number of alkyl halides is 1. The molecule has 1 aliphatic heterocycles. The summed E-state index contributed by atoms with van der Waals surface area (Å²) in [6, 6.07) is 8.71. The molecular weight excluding hydrogens is 271 g/mol. The van der Waals surface area contributed by atoms with Crippen LogP contribution >= 0.6 is 0 Å². The Morgan fingerprint density at radius 3 is 2.86 bits per heavy atom. The van der Waals surface area contributed by atoms with Crippen molar-refractivity contribution in [1.82, 2.24) is 14.7 Å². The summed E-state index contributed by atoms with van der Waals surface area (Å²) in [7, 11) is 0. The second-order valence-corrected chi connectivity index (χ2v) is 5.07. The van der Waals surface area contributed by atoms with Crippen LogP contribution in [-0.4, -0.2) is 40.0 Å². The molecule has 0 unspecified atom stereocenters. The van der Waals surface area contributed by atoms with Crippen LogP contribution < -0.4 is 5.32 Å². The van der Waals surface area contributed by atoms with Gasteiger partial charge in [0.2, 0.25) is 0 Å². The van der Waals surface area contributed by atoms with E-state index in [1.165, 1.54) is 0 Å². The molecule has 3 rings (SSSR count). The van der Waals surface area contributed by atoms with Crippen LogP contribution in [-0.2, 0) is 0 Å². The van der Waals surface area contributed by atoms with Gasteiger partial charge in [-0.1, -0.05) is 0 Å². The summed E-state index contributed by atoms with van der Waals surface area (Å²) in [4.78, 5) is 13.7. The van der Waals surface area contributed by atoms with Gasteiger partial charge in [-0.15, -0.1) is 0 Å². The van der Waals surface area contributed by atoms with Crippen LogP contribution in [0.5, 0.6) is 0 Å². The summed E-state index contributed by atoms with van der Waals surface area (Å²) in [5.41, 5.74) is 1.61. The normalized spacial score (nSPS) is 18.0. The lowest BCUT2D eigenvalue weighted by Gasteiger charge is -2.22. The van der Waals surface area contributed by atoms with Crippen LogP contribution in [0.1, 0.15) is 12.8 Å². The molecule has 1 fully saturated rings. The first-order valence-corrected chi connectivity index (χ1v) is 7.01. The maximum absolute atomic E-state index is 12.8. The van der Waals surface area contributed by atoms with Crippen molar-refractivity contribution in [2.24, 2.45) is 0 Å². The van der Waals surface area contributed by atoms with Crippen LogP contribution in [0.2, 0.25) is 0 Å². The quantitative estimate of drug-likeness (QED) is 0.944. The number of halogens is 1. The lowest BCUT2D eigenvalue weighted by Crippen LogP contribution is -2.39. The molecule has 1 saturated heterocycles. The Morgan fingerprint density at radius 1 is 1.38 bits per heavy atom. The third-order valence-corrected chi connectivity index (χ3v) is 3.70. The maximum atomic E-state index is 12.8. The predicted molar refractivity (Wildman–Crippen MR) is 78.3 cm³/mol. The van der Waals surface area contributed by atoms with Gasteiger partial charge < -0.3 is 10.2 Å². The number of rotatable bonds is 3. The minimum atomic E-state index is -0.480. The second kappa shape index (κ2) is 5.95. The lowest BCUT2D eigenvalue weighted by molar-refractivity contribution is 0.195. The molecule has 1 aliphatic rings. The van der Waals surface area contributed by atoms with Crippen LogP contribution in [0.3, 0.4) is 0 Å². The van der Waals surface area contributed by atoms with Crippen LogP contribution in [0.4, 0.5) is 14.9 Å². The molecule has 1 aromatic carbocycles. The van der Waals surface area contributed by atoms with Crippen LogP contribution in [0.15, 0.2) is 42.7 Å². The van der Waals surface area contributed by atoms with Gasteiger partial charge in [0.1, 0.15) is 6.67 Å². The molecule has 5 nitrogen and oxygen atoms in total. The fourth-order valence-corrected chi connectivity index (χ4v) is 2.58. The number of aromatic nitrogens is 2. The number of anilines is 1. The number of nitrogens with one attached hydrogen (secondary N) is 1. The van der Waals surface area contributed by atoms with E-state index in [4.69, 9.17) is 0 Å². The lowest BCUT2D eigenvalue weighted by atomic mass is 10.2. The summed E-state index contributed by atoms with van der Waals surface area (Å²) in [5, 5.41) is 6.95. The van der Waals surface area contributed by atoms with Gasteiger partial charge in [0, 0.05) is 24.6 Å². The zero-order valence-electron chi connectivity index (χ0n) is 11.6. The SMILES string of the molecule is O=C(Nc1ccc(-n2cccn2)cc1)N1CCC[C@@H]1CF. The molecule has 2 heterocycles. The third-order valence-electron chi connectivity index (χ3n) is 3.70. The number of likely N-dealkylation sites (tertiary alicyclic amines) is 1. The number of urea groups is 1. The highest BCUT2D eigenvalue weighted by atomic mass is 19.1. The van der Waals surface area contributed by atoms with E-state index in [0.29, 0.717) is 12.2 Å². The Bertz CT molecular complexity index is 597. The molecule has 0 spiro atoms. The minimum Gasteiger partial charge on any atom is -0.319 e. The van der Waals surface area contributed by atoms with E-state index in [9.17, 15) is 9.18 Å². The highest BCUT2D eigenvalue weighted by molar-refractivity contribution is 5.89. The molecule has 0 saturated carbocycles. The summed E-state index contributed by atoms with van der Waals surface area (Å²) in [6.07, 6.45) is 5.16. The van der Waals surface area contributed by atoms with Crippen molar-refractivity contribution in [3.63, 3.8) is 0 Å². The zero-order valence-corrected chi connectivity index (χ0v) is 11.6. The average Bonchev–Trinajstić information content (AvgIpc) is 3.19. The summed E-state index contributed by atoms with van der Waals surface area (Å²) in [6.45, 7) is 0.136. The van der Waals surface area contributed by atoms with Gasteiger partial charge in [0.15, 0.2) is 0 Å². The molecule has 2 aromatic rings. The van der Waals surface area contributed by atoms with Crippen molar-refractivity contribution in [2.75, 3.05) is 18.5 Å². The van der Waals surface area contributed by atoms with Gasteiger partial charge in [-0.2, -0.15) is 5.10 Å². The number of nitrogens with zero attached hydrogens (tertiary/aromatic N) is 3. The smallest absolute Gasteiger partial charge is 0.319 e. The van der Waals surface area contributed by atoms with Crippen molar-refractivity contribution in [2.45, 2.75) is 18.9 Å². The Morgan fingerprint density at radius 2 is 2.19 bits per heavy atom. The summed E-state index contributed by atoms with van der Waals surface area (Å²) < 4.78 is 14.6. The predicted octanol–water partition coefficient (Wildman–Crippen LogP) is 2.84. The van der Waals surface area contributed by atoms with Crippen molar-refractivity contribution >= 4 is 11.7 Å². The number of carbonyl (C=O) groups excluding carboxylic acids is 1. The van der Waals surface area contributed by atoms with Crippen molar-refractivity contribution in [1.29, 1.82) is 0 Å². The van der Waals surface area contributed by atoms with Crippen molar-refractivity contribution < 1.29 is 9.18 Å². The van der Waals surface area contributed by atoms with Gasteiger partial charge >= 0.3 is 6.03 Å². The Kier molecular flexibility index (Phi) is 3.85. The first-order valence-electron chi connectivity index (χ1n) is 7.01. The highest BCUT2D eigenvalue weighted by Gasteiger charge is 2.28. The molecule has 110 valence electrons. The zero-order chi connectivity index (χ0) is 14.7. The summed E-state index contributed by atoms with van der Waals surface area (Å²) in [5.74, 6) is 0. The molecular formula is C15H17FN4O. The number of hydrogen-bond donors (Lipinski definition) is 1. The first-order chi connectivity index (χ1) is 10.3. The number of carbonyl (C=O) groups is 1. The molecule has 2 amide bonds. The Hall–Kier alpha value is -2.37. The van der Waals surface area contributed by atoms with E-state index in [-0.39, 0.29) is 12.1 Å². The topological polar surface area (TPSA) is 50.2 Å². The third kappa shape index (κ3) is 2.89. The van der Waals surface area contributed by atoms with E-state index >= 15 is 0 Å². The molecule has 0 radical (unpaired) electrons. The van der Waals surface area contributed by atoms with E-state index in [1.807, 2.05) is 36.5 Å². The minimum absolute atomic E-state index is 0.234. The average molecular weight is 288 g/mol. The van der Waals surface area contributed by atoms with E-state index in [1.54, 1.807) is 15.8 Å². The fourth-order valence-electron chi connectivity index (χ4n) is 2.58. The molecule has 0 bridgehead atoms. The molecule has 1 aromatic heterocycles. The maximum Gasteiger partial charge on any atom is 0.322 e. The van der Waals surface area contributed by atoms with Gasteiger partial charge in [-0.3, -0.25) is 0 Å². The monoisotopic (exact) mass is 288 g/mol. The number of benzene rings is 1. The van der Waals surface area contributed by atoms with E-state index in [2.05, 4.69) is 10.4 Å². The largest absolute Gasteiger partial charge is 0.322 e. The standard InChI is InChI=1S/C15H17FN4O/c16-11-14-3-1-9-19(14)15(21)18-12-4-6-13(7-5-12)20-10-2-8-17-20/h2,4-8,10,14H,1,3,9,11H2,(H,18,21)/t14-/m1/s1. The molecule has 1 N–H and O–H groups in total. The number of hydrogen-bond acceptors (Lipinski definition) is 2. The van der Waals surface area contributed by atoms with E-state index < -0.39 is 6.67 Å². The second-order valence-electron chi connectivity index (χ2n) is 5.07. The van der Waals surface area contributed by atoms with Gasteiger partial charge in [-0.05, 0) is 43.2 Å². The Labute approximate surface area is 122 Å². The van der Waals surface area contributed by atoms with Crippen molar-refractivity contribution in [3.05, 3.63) is 42.7 Å². The highest BCUT2D eigenvalue weighted by Crippen LogP contribution is 2.20. The molecule has 21 heavy (non-hydrogen) atoms. The van der Waals surface area contributed by atoms with Gasteiger partial charge in [-0.25, -0.2) is 13.9 Å². The fraction of sp³-hybridized carbons (Fsp3) is 0.333. The van der Waals surface area contributed by atoms with Crippen LogP contribution in [0, 0.1) is 0 Å². The first kappa shape index (κ1) is 13.6. The molecule has 6 heteroatoms. The van der Waals surface area contributed by atoms with Gasteiger partial charge in [0.25, 0.3) is 0 Å². The Balaban J connectivity index is 1.66. The van der Waals surface area contributed by atoms with E-state index in [0.717, 1.165) is 18.5 Å². The van der Waals surface area contributed by atoms with Crippen LogP contribution in [0.25, 0.3) is 5.69 Å². The van der Waals surface area contributed by atoms with Crippen molar-refractivity contribution in [3.8, 4) is 5.69 Å². The molecule has 0 aliphatic carbocycles. The summed E-state index contributed by atoms with van der Waals surface area (Å²) >= 11 is 0. The molecule has 1 atom stereocenters. The number of amides is 2. The van der Waals surface area contributed by atoms with Gasteiger partial charge in [0.05, 0.1) is 11.7 Å².